The second-order valence-electron chi connectivity index (χ2n) is 6.89. The first-order chi connectivity index (χ1) is 14.7. The second kappa shape index (κ2) is 7.64. The molecule has 0 aliphatic carbocycles. The molecule has 1 N–H and O–H groups in total. The third-order valence-electron chi connectivity index (χ3n) is 4.87. The molecule has 2 aromatic heterocycles. The number of para-hydroxylation sites is 2. The molecule has 0 radical (unpaired) electrons. The third-order valence-corrected chi connectivity index (χ3v) is 5.85. The van der Waals surface area contributed by atoms with Gasteiger partial charge in [0.05, 0.1) is 39.3 Å². The Morgan fingerprint density at radius 3 is 2.60 bits per heavy atom. The number of imidazole rings is 2. The van der Waals surface area contributed by atoms with Crippen LogP contribution in [0.2, 0.25) is 0 Å². The fourth-order valence-electron chi connectivity index (χ4n) is 3.45. The van der Waals surface area contributed by atoms with Crippen LogP contribution in [-0.4, -0.2) is 24.4 Å². The fraction of sp³-hybridized carbons (Fsp3) is 0.0909. The molecule has 0 amide bonds. The first-order valence-corrected chi connectivity index (χ1v) is 10.4. The summed E-state index contributed by atoms with van der Waals surface area (Å²) in [5.41, 5.74) is 4.68. The smallest absolute Gasteiger partial charge is 0.271 e. The number of hydrogen-bond donors (Lipinski definition) is 1. The normalized spacial score (nSPS) is 11.3. The Balaban J connectivity index is 1.44. The van der Waals surface area contributed by atoms with Crippen molar-refractivity contribution in [3.8, 4) is 0 Å². The zero-order chi connectivity index (χ0) is 20.5. The van der Waals surface area contributed by atoms with E-state index in [-0.39, 0.29) is 5.69 Å². The zero-order valence-corrected chi connectivity index (χ0v) is 16.7. The van der Waals surface area contributed by atoms with E-state index in [2.05, 4.69) is 32.7 Å². The topological polar surface area (TPSA) is 89.6 Å². The minimum atomic E-state index is -0.402. The summed E-state index contributed by atoms with van der Waals surface area (Å²) in [5.74, 6) is 1.34. The molecule has 0 atom stereocenters. The minimum absolute atomic E-state index is 0.0509. The lowest BCUT2D eigenvalue weighted by atomic mass is 10.2. The zero-order valence-electron chi connectivity index (χ0n) is 15.9. The van der Waals surface area contributed by atoms with Gasteiger partial charge in [0.15, 0.2) is 5.16 Å². The Morgan fingerprint density at radius 2 is 1.77 bits per heavy atom. The van der Waals surface area contributed by atoms with Crippen LogP contribution < -0.4 is 0 Å². The maximum absolute atomic E-state index is 11.0. The Hall–Kier alpha value is -3.65. The predicted octanol–water partition coefficient (Wildman–Crippen LogP) is 5.16. The van der Waals surface area contributed by atoms with Crippen LogP contribution in [0.1, 0.15) is 11.4 Å². The van der Waals surface area contributed by atoms with Gasteiger partial charge < -0.3 is 9.55 Å². The number of nitrogens with one attached hydrogen (secondary N) is 1. The van der Waals surface area contributed by atoms with E-state index in [1.165, 1.54) is 17.7 Å². The monoisotopic (exact) mass is 415 g/mol. The SMILES string of the molecule is O=[N+]([O-])c1ccc2nc(CSc3nc4ccccc4n3Cc3ccccc3)[nH]c2c1. The van der Waals surface area contributed by atoms with Crippen LogP contribution in [0.15, 0.2) is 78.0 Å². The van der Waals surface area contributed by atoms with Crippen LogP contribution >= 0.6 is 11.8 Å². The highest BCUT2D eigenvalue weighted by Gasteiger charge is 2.14. The van der Waals surface area contributed by atoms with Crippen molar-refractivity contribution in [3.63, 3.8) is 0 Å². The molecular weight excluding hydrogens is 398 g/mol. The van der Waals surface area contributed by atoms with Gasteiger partial charge in [-0.3, -0.25) is 10.1 Å². The van der Waals surface area contributed by atoms with Gasteiger partial charge in [0.25, 0.3) is 5.69 Å². The Morgan fingerprint density at radius 1 is 0.967 bits per heavy atom. The standard InChI is InChI=1S/C22H17N5O2S/c28-27(29)16-10-11-17-19(12-16)24-21(23-17)14-30-22-25-18-8-4-5-9-20(18)26(22)13-15-6-2-1-3-7-15/h1-12H,13-14H2,(H,23,24). The molecule has 7 nitrogen and oxygen atoms in total. The molecule has 5 rings (SSSR count). The van der Waals surface area contributed by atoms with E-state index >= 15 is 0 Å². The number of thioether (sulfide) groups is 1. The Bertz CT molecular complexity index is 1360. The number of non-ortho nitro benzene ring substituents is 1. The van der Waals surface area contributed by atoms with Crippen molar-refractivity contribution in [1.29, 1.82) is 0 Å². The number of nitro benzene ring substituents is 1. The number of H-pyrrole nitrogens is 1. The maximum atomic E-state index is 11.0. The molecule has 2 heterocycles. The Kier molecular flexibility index (Phi) is 4.68. The van der Waals surface area contributed by atoms with Crippen molar-refractivity contribution in [3.05, 3.63) is 94.3 Å². The summed E-state index contributed by atoms with van der Waals surface area (Å²) in [4.78, 5) is 23.1. The summed E-state index contributed by atoms with van der Waals surface area (Å²) in [7, 11) is 0. The number of fused-ring (bicyclic) bond motifs is 2. The van der Waals surface area contributed by atoms with Crippen LogP contribution in [-0.2, 0) is 12.3 Å². The van der Waals surface area contributed by atoms with E-state index in [1.54, 1.807) is 17.8 Å². The summed E-state index contributed by atoms with van der Waals surface area (Å²) < 4.78 is 2.21. The molecule has 8 heteroatoms. The molecule has 3 aromatic carbocycles. The van der Waals surface area contributed by atoms with Crippen LogP contribution in [0.25, 0.3) is 22.1 Å². The molecule has 0 aliphatic rings. The van der Waals surface area contributed by atoms with E-state index < -0.39 is 4.92 Å². The number of nitrogens with zero attached hydrogens (tertiary/aromatic N) is 4. The number of hydrogen-bond acceptors (Lipinski definition) is 5. The number of aromatic amines is 1. The molecule has 0 bridgehead atoms. The first-order valence-electron chi connectivity index (χ1n) is 9.42. The van der Waals surface area contributed by atoms with Gasteiger partial charge in [-0.1, -0.05) is 54.2 Å². The van der Waals surface area contributed by atoms with Gasteiger partial charge in [-0.15, -0.1) is 0 Å². The second-order valence-corrected chi connectivity index (χ2v) is 7.83. The lowest BCUT2D eigenvalue weighted by molar-refractivity contribution is -0.384. The first kappa shape index (κ1) is 18.4. The number of benzene rings is 3. The molecule has 0 unspecified atom stereocenters. The Labute approximate surface area is 175 Å². The molecule has 0 fully saturated rings. The van der Waals surface area contributed by atoms with Crippen molar-refractivity contribution >= 4 is 39.5 Å². The maximum Gasteiger partial charge on any atom is 0.271 e. The van der Waals surface area contributed by atoms with Crippen LogP contribution in [0.4, 0.5) is 5.69 Å². The lowest BCUT2D eigenvalue weighted by Crippen LogP contribution is -2.01. The molecule has 0 saturated carbocycles. The molecule has 0 aliphatic heterocycles. The molecule has 5 aromatic rings. The van der Waals surface area contributed by atoms with Gasteiger partial charge in [-0.05, 0) is 23.8 Å². The molecule has 148 valence electrons. The van der Waals surface area contributed by atoms with Crippen molar-refractivity contribution in [2.45, 2.75) is 17.5 Å². The highest BCUT2D eigenvalue weighted by Crippen LogP contribution is 2.28. The number of aromatic nitrogens is 4. The summed E-state index contributed by atoms with van der Waals surface area (Å²) in [5, 5.41) is 11.9. The van der Waals surface area contributed by atoms with E-state index in [0.717, 1.165) is 28.6 Å². The summed E-state index contributed by atoms with van der Waals surface area (Å²) in [6.07, 6.45) is 0. The summed E-state index contributed by atoms with van der Waals surface area (Å²) in [6, 6.07) is 23.1. The van der Waals surface area contributed by atoms with E-state index in [1.807, 2.05) is 36.4 Å². The summed E-state index contributed by atoms with van der Waals surface area (Å²) in [6.45, 7) is 0.732. The predicted molar refractivity (Wildman–Crippen MR) is 118 cm³/mol. The number of nitro groups is 1. The van der Waals surface area contributed by atoms with Gasteiger partial charge in [0.2, 0.25) is 0 Å². The quantitative estimate of drug-likeness (QED) is 0.235. The molecule has 30 heavy (non-hydrogen) atoms. The van der Waals surface area contributed by atoms with Gasteiger partial charge in [-0.25, -0.2) is 9.97 Å². The van der Waals surface area contributed by atoms with Crippen molar-refractivity contribution in [1.82, 2.24) is 19.5 Å². The van der Waals surface area contributed by atoms with Crippen LogP contribution in [0.3, 0.4) is 0 Å². The number of rotatable bonds is 6. The average Bonchev–Trinajstić information content (AvgIpc) is 3.33. The van der Waals surface area contributed by atoms with E-state index in [9.17, 15) is 10.1 Å². The van der Waals surface area contributed by atoms with E-state index in [4.69, 9.17) is 4.98 Å². The largest absolute Gasteiger partial charge is 0.341 e. The van der Waals surface area contributed by atoms with Gasteiger partial charge in [-0.2, -0.15) is 0 Å². The molecule has 0 spiro atoms. The van der Waals surface area contributed by atoms with Crippen molar-refractivity contribution in [2.24, 2.45) is 0 Å². The van der Waals surface area contributed by atoms with Gasteiger partial charge in [0.1, 0.15) is 5.82 Å². The molecular formula is C22H17N5O2S. The lowest BCUT2D eigenvalue weighted by Gasteiger charge is -2.08. The molecule has 0 saturated heterocycles. The van der Waals surface area contributed by atoms with E-state index in [0.29, 0.717) is 16.8 Å². The van der Waals surface area contributed by atoms with Gasteiger partial charge >= 0.3 is 0 Å². The van der Waals surface area contributed by atoms with Crippen LogP contribution in [0.5, 0.6) is 0 Å². The third kappa shape index (κ3) is 3.53. The average molecular weight is 415 g/mol. The van der Waals surface area contributed by atoms with Crippen molar-refractivity contribution < 1.29 is 4.92 Å². The fourth-order valence-corrected chi connectivity index (χ4v) is 4.33. The summed E-state index contributed by atoms with van der Waals surface area (Å²) >= 11 is 1.60. The minimum Gasteiger partial charge on any atom is -0.341 e. The highest BCUT2D eigenvalue weighted by molar-refractivity contribution is 7.98. The van der Waals surface area contributed by atoms with Crippen molar-refractivity contribution in [2.75, 3.05) is 0 Å². The van der Waals surface area contributed by atoms with Crippen LogP contribution in [0, 0.1) is 10.1 Å². The van der Waals surface area contributed by atoms with Gasteiger partial charge in [0, 0.05) is 12.1 Å². The highest BCUT2D eigenvalue weighted by atomic mass is 32.2.